The van der Waals surface area contributed by atoms with E-state index in [0.29, 0.717) is 25.3 Å². The highest BCUT2D eigenvalue weighted by Crippen LogP contribution is 2.27. The van der Waals surface area contributed by atoms with Gasteiger partial charge in [0.15, 0.2) is 0 Å². The Balaban J connectivity index is 1.56. The van der Waals surface area contributed by atoms with Crippen LogP contribution in [0.15, 0.2) is 48.5 Å². The summed E-state index contributed by atoms with van der Waals surface area (Å²) in [6.07, 6.45) is 0.535. The number of hydrogen-bond acceptors (Lipinski definition) is 4. The molecule has 1 saturated heterocycles. The van der Waals surface area contributed by atoms with Gasteiger partial charge in [-0.3, -0.25) is 4.79 Å². The average Bonchev–Trinajstić information content (AvgIpc) is 3.01. The number of anilines is 1. The van der Waals surface area contributed by atoms with Crippen LogP contribution >= 0.6 is 0 Å². The van der Waals surface area contributed by atoms with Crippen molar-refractivity contribution in [2.75, 3.05) is 18.1 Å². The third-order valence-electron chi connectivity index (χ3n) is 4.31. The number of rotatable bonds is 7. The summed E-state index contributed by atoms with van der Waals surface area (Å²) in [4.78, 5) is 25.0. The van der Waals surface area contributed by atoms with Gasteiger partial charge in [-0.15, -0.1) is 0 Å². The van der Waals surface area contributed by atoms with Gasteiger partial charge in [-0.25, -0.2) is 4.79 Å². The Morgan fingerprint density at radius 3 is 2.33 bits per heavy atom. The van der Waals surface area contributed by atoms with Gasteiger partial charge in [-0.2, -0.15) is 0 Å². The van der Waals surface area contributed by atoms with E-state index in [9.17, 15) is 9.59 Å². The maximum atomic E-state index is 12.4. The number of amides is 1. The molecule has 1 atom stereocenters. The zero-order valence-corrected chi connectivity index (χ0v) is 15.4. The van der Waals surface area contributed by atoms with Crippen molar-refractivity contribution >= 4 is 17.6 Å². The van der Waals surface area contributed by atoms with Crippen LogP contribution in [0.5, 0.6) is 11.5 Å². The van der Waals surface area contributed by atoms with Gasteiger partial charge in [0.1, 0.15) is 11.5 Å². The predicted octanol–water partition coefficient (Wildman–Crippen LogP) is 3.60. The number of aromatic carboxylic acids is 1. The summed E-state index contributed by atoms with van der Waals surface area (Å²) in [5.74, 6) is 0.570. The Bertz CT molecular complexity index is 798. The first-order valence-corrected chi connectivity index (χ1v) is 8.95. The van der Waals surface area contributed by atoms with Gasteiger partial charge in [0.25, 0.3) is 0 Å². The zero-order chi connectivity index (χ0) is 19.4. The van der Waals surface area contributed by atoms with Crippen LogP contribution in [0.4, 0.5) is 5.69 Å². The number of nitrogens with zero attached hydrogens (tertiary/aromatic N) is 1. The molecule has 0 aromatic heterocycles. The largest absolute Gasteiger partial charge is 0.493 e. The van der Waals surface area contributed by atoms with Crippen molar-refractivity contribution in [3.05, 3.63) is 54.1 Å². The maximum absolute atomic E-state index is 12.4. The summed E-state index contributed by atoms with van der Waals surface area (Å²) in [5.41, 5.74) is 1.07. The van der Waals surface area contributed by atoms with Crippen molar-refractivity contribution in [2.24, 2.45) is 5.92 Å². The summed E-state index contributed by atoms with van der Waals surface area (Å²) in [6.45, 7) is 4.94. The van der Waals surface area contributed by atoms with Gasteiger partial charge in [-0.1, -0.05) is 0 Å². The highest BCUT2D eigenvalue weighted by molar-refractivity contribution is 5.95. The molecule has 1 heterocycles. The van der Waals surface area contributed by atoms with Crippen molar-refractivity contribution < 1.29 is 24.2 Å². The lowest BCUT2D eigenvalue weighted by Crippen LogP contribution is -2.25. The average molecular weight is 369 g/mol. The van der Waals surface area contributed by atoms with E-state index < -0.39 is 5.97 Å². The Kier molecular flexibility index (Phi) is 5.64. The van der Waals surface area contributed by atoms with Gasteiger partial charge in [-0.05, 0) is 62.4 Å². The van der Waals surface area contributed by atoms with Gasteiger partial charge in [0, 0.05) is 24.6 Å². The van der Waals surface area contributed by atoms with Gasteiger partial charge < -0.3 is 19.5 Å². The highest BCUT2D eigenvalue weighted by atomic mass is 16.5. The summed E-state index contributed by atoms with van der Waals surface area (Å²) in [6, 6.07) is 13.8. The van der Waals surface area contributed by atoms with E-state index in [1.165, 1.54) is 12.1 Å². The Morgan fingerprint density at radius 2 is 1.74 bits per heavy atom. The number of carboxylic acid groups (broad SMARTS) is 1. The fourth-order valence-corrected chi connectivity index (χ4v) is 3.03. The molecule has 0 spiro atoms. The molecule has 6 nitrogen and oxygen atoms in total. The normalized spacial score (nSPS) is 16.6. The number of carboxylic acids is 1. The minimum absolute atomic E-state index is 0.0716. The highest BCUT2D eigenvalue weighted by Gasteiger charge is 2.31. The summed E-state index contributed by atoms with van der Waals surface area (Å²) >= 11 is 0. The van der Waals surface area contributed by atoms with E-state index >= 15 is 0 Å². The van der Waals surface area contributed by atoms with E-state index in [0.717, 1.165) is 11.4 Å². The van der Waals surface area contributed by atoms with Crippen LogP contribution in [-0.2, 0) is 4.79 Å². The zero-order valence-electron chi connectivity index (χ0n) is 15.4. The Labute approximate surface area is 158 Å². The molecule has 2 aromatic rings. The minimum Gasteiger partial charge on any atom is -0.493 e. The smallest absolute Gasteiger partial charge is 0.335 e. The lowest BCUT2D eigenvalue weighted by atomic mass is 10.1. The molecule has 27 heavy (non-hydrogen) atoms. The SMILES string of the molecule is CC(C)Oc1ccc(N2CC(COc3ccc(C(=O)O)cc3)CC2=O)cc1. The van der Waals surface area contributed by atoms with Crippen LogP contribution < -0.4 is 14.4 Å². The van der Waals surface area contributed by atoms with Crippen LogP contribution in [0.2, 0.25) is 0 Å². The third-order valence-corrected chi connectivity index (χ3v) is 4.31. The maximum Gasteiger partial charge on any atom is 0.335 e. The standard InChI is InChI=1S/C21H23NO5/c1-14(2)27-19-9-5-17(6-10-19)22-12-15(11-20(22)23)13-26-18-7-3-16(4-8-18)21(24)25/h3-10,14-15H,11-13H2,1-2H3,(H,24,25). The summed E-state index contributed by atoms with van der Waals surface area (Å²) < 4.78 is 11.4. The first-order chi connectivity index (χ1) is 12.9. The molecular weight excluding hydrogens is 346 g/mol. The van der Waals surface area contributed by atoms with Crippen molar-refractivity contribution in [1.29, 1.82) is 0 Å². The molecule has 2 aromatic carbocycles. The number of carbonyl (C=O) groups is 2. The van der Waals surface area contributed by atoms with Crippen molar-refractivity contribution in [3.8, 4) is 11.5 Å². The van der Waals surface area contributed by atoms with Crippen LogP contribution in [-0.4, -0.2) is 36.2 Å². The van der Waals surface area contributed by atoms with Gasteiger partial charge >= 0.3 is 5.97 Å². The van der Waals surface area contributed by atoms with Crippen LogP contribution in [0.1, 0.15) is 30.6 Å². The molecule has 1 fully saturated rings. The molecule has 0 aliphatic carbocycles. The van der Waals surface area contributed by atoms with E-state index in [1.54, 1.807) is 17.0 Å². The molecular formula is C21H23NO5. The van der Waals surface area contributed by atoms with E-state index in [4.69, 9.17) is 14.6 Å². The molecule has 6 heteroatoms. The molecule has 1 N–H and O–H groups in total. The van der Waals surface area contributed by atoms with Crippen molar-refractivity contribution in [1.82, 2.24) is 0 Å². The molecule has 142 valence electrons. The monoisotopic (exact) mass is 369 g/mol. The predicted molar refractivity (Wildman–Crippen MR) is 102 cm³/mol. The molecule has 0 radical (unpaired) electrons. The second kappa shape index (κ2) is 8.12. The first kappa shape index (κ1) is 18.8. The fourth-order valence-electron chi connectivity index (χ4n) is 3.03. The number of benzene rings is 2. The molecule has 1 aliphatic heterocycles. The van der Waals surface area contributed by atoms with Crippen LogP contribution in [0.25, 0.3) is 0 Å². The topological polar surface area (TPSA) is 76.1 Å². The quantitative estimate of drug-likeness (QED) is 0.807. The lowest BCUT2D eigenvalue weighted by molar-refractivity contribution is -0.117. The van der Waals surface area contributed by atoms with E-state index in [2.05, 4.69) is 0 Å². The molecule has 3 rings (SSSR count). The molecule has 1 unspecified atom stereocenters. The minimum atomic E-state index is -0.969. The number of carbonyl (C=O) groups excluding carboxylic acids is 1. The third kappa shape index (κ3) is 4.78. The second-order valence-electron chi connectivity index (χ2n) is 6.88. The molecule has 0 bridgehead atoms. The number of hydrogen-bond donors (Lipinski definition) is 1. The Morgan fingerprint density at radius 1 is 1.11 bits per heavy atom. The lowest BCUT2D eigenvalue weighted by Gasteiger charge is -2.18. The van der Waals surface area contributed by atoms with Crippen molar-refractivity contribution in [3.63, 3.8) is 0 Å². The summed E-state index contributed by atoms with van der Waals surface area (Å²) in [5, 5.41) is 8.91. The Hall–Kier alpha value is -3.02. The molecule has 1 aliphatic rings. The summed E-state index contributed by atoms with van der Waals surface area (Å²) in [7, 11) is 0. The molecule has 1 amide bonds. The van der Waals surface area contributed by atoms with Crippen LogP contribution in [0, 0.1) is 5.92 Å². The first-order valence-electron chi connectivity index (χ1n) is 8.95. The van der Waals surface area contributed by atoms with Crippen LogP contribution in [0.3, 0.4) is 0 Å². The van der Waals surface area contributed by atoms with E-state index in [1.807, 2.05) is 38.1 Å². The van der Waals surface area contributed by atoms with Crippen molar-refractivity contribution in [2.45, 2.75) is 26.4 Å². The fraction of sp³-hybridized carbons (Fsp3) is 0.333. The van der Waals surface area contributed by atoms with E-state index in [-0.39, 0.29) is 23.5 Å². The molecule has 0 saturated carbocycles. The second-order valence-corrected chi connectivity index (χ2v) is 6.88. The number of ether oxygens (including phenoxy) is 2. The van der Waals surface area contributed by atoms with Gasteiger partial charge in [0.2, 0.25) is 5.91 Å². The van der Waals surface area contributed by atoms with Gasteiger partial charge in [0.05, 0.1) is 18.3 Å².